The van der Waals surface area contributed by atoms with Gasteiger partial charge in [-0.05, 0) is 40.2 Å². The zero-order valence-corrected chi connectivity index (χ0v) is 11.7. The second-order valence-corrected chi connectivity index (χ2v) is 4.91. The van der Waals surface area contributed by atoms with Crippen molar-refractivity contribution in [3.8, 4) is 0 Å². The highest BCUT2D eigenvalue weighted by Gasteiger charge is 2.26. The van der Waals surface area contributed by atoms with Crippen LogP contribution in [-0.4, -0.2) is 23.3 Å². The van der Waals surface area contributed by atoms with Gasteiger partial charge in [0.25, 0.3) is 0 Å². The zero-order chi connectivity index (χ0) is 13.4. The van der Waals surface area contributed by atoms with Crippen molar-refractivity contribution >= 4 is 0 Å². The Balaban J connectivity index is 2.38. The molecule has 0 atom stereocenters. The average molecular weight is 255 g/mol. The normalized spacial score (nSPS) is 12.0. The lowest BCUT2D eigenvalue weighted by molar-refractivity contribution is -0.0221. The molecule has 0 bridgehead atoms. The summed E-state index contributed by atoms with van der Waals surface area (Å²) in [5.41, 5.74) is 4.97. The summed E-state index contributed by atoms with van der Waals surface area (Å²) < 4.78 is 10.8. The summed E-state index contributed by atoms with van der Waals surface area (Å²) >= 11 is 0. The van der Waals surface area contributed by atoms with Crippen LogP contribution < -0.4 is 5.73 Å². The Morgan fingerprint density at radius 3 is 2.61 bits per heavy atom. The van der Waals surface area contributed by atoms with E-state index in [1.807, 2.05) is 20.8 Å². The van der Waals surface area contributed by atoms with E-state index in [1.165, 1.54) is 6.42 Å². The molecule has 0 amide bonds. The minimum atomic E-state index is -0.476. The van der Waals surface area contributed by atoms with Crippen molar-refractivity contribution in [1.82, 2.24) is 10.1 Å². The molecule has 0 fully saturated rings. The molecule has 0 aliphatic carbocycles. The molecule has 2 N–H and O–H groups in total. The van der Waals surface area contributed by atoms with Crippen LogP contribution in [-0.2, 0) is 16.8 Å². The smallest absolute Gasteiger partial charge is 0.226 e. The van der Waals surface area contributed by atoms with Gasteiger partial charge in [0.1, 0.15) is 5.60 Å². The van der Waals surface area contributed by atoms with Gasteiger partial charge >= 0.3 is 0 Å². The predicted molar refractivity (Wildman–Crippen MR) is 70.2 cm³/mol. The van der Waals surface area contributed by atoms with Crippen molar-refractivity contribution < 1.29 is 9.26 Å². The third-order valence-corrected chi connectivity index (χ3v) is 2.86. The van der Waals surface area contributed by atoms with Gasteiger partial charge in [-0.2, -0.15) is 4.98 Å². The molecular weight excluding hydrogens is 230 g/mol. The number of aryl methyl sites for hydroxylation is 1. The summed E-state index contributed by atoms with van der Waals surface area (Å²) in [5, 5.41) is 3.99. The molecule has 0 aliphatic heterocycles. The maximum atomic E-state index is 5.59. The first kappa shape index (κ1) is 15.1. The van der Waals surface area contributed by atoms with Crippen LogP contribution in [0.3, 0.4) is 0 Å². The minimum absolute atomic E-state index is 0.476. The Kier molecular flexibility index (Phi) is 6.29. The topological polar surface area (TPSA) is 74.2 Å². The van der Waals surface area contributed by atoms with Crippen LogP contribution in [0.25, 0.3) is 0 Å². The maximum Gasteiger partial charge on any atom is 0.226 e. The first-order chi connectivity index (χ1) is 8.60. The molecular formula is C13H25N3O2. The monoisotopic (exact) mass is 255 g/mol. The number of hydrogen-bond donors (Lipinski definition) is 1. The van der Waals surface area contributed by atoms with Crippen molar-refractivity contribution in [3.63, 3.8) is 0 Å². The highest BCUT2D eigenvalue weighted by Crippen LogP contribution is 2.21. The number of hydrogen-bond acceptors (Lipinski definition) is 5. The Hall–Kier alpha value is -0.940. The van der Waals surface area contributed by atoms with Crippen LogP contribution in [0.4, 0.5) is 0 Å². The maximum absolute atomic E-state index is 5.59. The summed E-state index contributed by atoms with van der Waals surface area (Å²) in [7, 11) is 0. The largest absolute Gasteiger partial charge is 0.368 e. The van der Waals surface area contributed by atoms with E-state index in [2.05, 4.69) is 10.1 Å². The zero-order valence-electron chi connectivity index (χ0n) is 11.7. The van der Waals surface area contributed by atoms with Gasteiger partial charge in [-0.3, -0.25) is 0 Å². The Morgan fingerprint density at radius 1 is 1.22 bits per heavy atom. The third kappa shape index (κ3) is 4.74. The molecule has 0 spiro atoms. The van der Waals surface area contributed by atoms with E-state index in [0.29, 0.717) is 18.3 Å². The summed E-state index contributed by atoms with van der Waals surface area (Å²) in [5.74, 6) is 1.33. The molecule has 5 nitrogen and oxygen atoms in total. The summed E-state index contributed by atoms with van der Waals surface area (Å²) in [6, 6.07) is 0. The fourth-order valence-corrected chi connectivity index (χ4v) is 1.80. The Labute approximate surface area is 109 Å². The van der Waals surface area contributed by atoms with Crippen molar-refractivity contribution in [2.45, 2.75) is 58.5 Å². The Morgan fingerprint density at radius 2 is 1.94 bits per heavy atom. The number of ether oxygens (including phenoxy) is 1. The van der Waals surface area contributed by atoms with Gasteiger partial charge in [0.05, 0.1) is 0 Å². The molecule has 0 aromatic carbocycles. The van der Waals surface area contributed by atoms with Crippen LogP contribution in [0.1, 0.15) is 58.2 Å². The molecule has 1 aromatic heterocycles. The van der Waals surface area contributed by atoms with Crippen molar-refractivity contribution in [2.24, 2.45) is 5.73 Å². The van der Waals surface area contributed by atoms with Crippen LogP contribution >= 0.6 is 0 Å². The van der Waals surface area contributed by atoms with E-state index >= 15 is 0 Å². The molecule has 0 unspecified atom stereocenters. The summed E-state index contributed by atoms with van der Waals surface area (Å²) in [6.07, 6.45) is 5.31. The van der Waals surface area contributed by atoms with Crippen molar-refractivity contribution in [3.05, 3.63) is 11.7 Å². The molecule has 0 aliphatic rings. The predicted octanol–water partition coefficient (Wildman–Crippen LogP) is 2.40. The third-order valence-electron chi connectivity index (χ3n) is 2.86. The lowest BCUT2D eigenvalue weighted by Gasteiger charge is -2.19. The molecule has 1 rings (SSSR count). The van der Waals surface area contributed by atoms with Gasteiger partial charge in [0, 0.05) is 13.0 Å². The lowest BCUT2D eigenvalue weighted by Crippen LogP contribution is -2.23. The summed E-state index contributed by atoms with van der Waals surface area (Å²) in [6.45, 7) is 7.27. The standard InChI is InChI=1S/C13H25N3O2/c1-4-17-13(2,3)12-15-11(18-16-12)9-7-5-6-8-10-14/h4-10,14H2,1-3H3. The van der Waals surface area contributed by atoms with Crippen LogP contribution in [0.2, 0.25) is 0 Å². The fraction of sp³-hybridized carbons (Fsp3) is 0.846. The quantitative estimate of drug-likeness (QED) is 0.686. The van der Waals surface area contributed by atoms with Crippen LogP contribution in [0.5, 0.6) is 0 Å². The van der Waals surface area contributed by atoms with Gasteiger partial charge in [0.2, 0.25) is 11.7 Å². The van der Waals surface area contributed by atoms with E-state index in [1.54, 1.807) is 0 Å². The molecule has 0 saturated heterocycles. The van der Waals surface area contributed by atoms with Crippen molar-refractivity contribution in [2.75, 3.05) is 13.2 Å². The van der Waals surface area contributed by atoms with Crippen molar-refractivity contribution in [1.29, 1.82) is 0 Å². The van der Waals surface area contributed by atoms with E-state index in [9.17, 15) is 0 Å². The number of rotatable bonds is 9. The molecule has 1 heterocycles. The number of nitrogens with zero attached hydrogens (tertiary/aromatic N) is 2. The minimum Gasteiger partial charge on any atom is -0.368 e. The highest BCUT2D eigenvalue weighted by atomic mass is 16.5. The lowest BCUT2D eigenvalue weighted by atomic mass is 10.1. The van der Waals surface area contributed by atoms with E-state index in [4.69, 9.17) is 15.0 Å². The first-order valence-electron chi connectivity index (χ1n) is 6.77. The Bertz CT molecular complexity index is 337. The second-order valence-electron chi connectivity index (χ2n) is 4.91. The number of aromatic nitrogens is 2. The molecule has 104 valence electrons. The fourth-order valence-electron chi connectivity index (χ4n) is 1.80. The highest BCUT2D eigenvalue weighted by molar-refractivity contribution is 4.97. The van der Waals surface area contributed by atoms with E-state index < -0.39 is 5.60 Å². The van der Waals surface area contributed by atoms with Gasteiger partial charge in [-0.25, -0.2) is 0 Å². The van der Waals surface area contributed by atoms with E-state index in [0.717, 1.165) is 32.2 Å². The molecule has 0 saturated carbocycles. The molecule has 0 radical (unpaired) electrons. The van der Waals surface area contributed by atoms with Gasteiger partial charge in [0.15, 0.2) is 0 Å². The summed E-state index contributed by atoms with van der Waals surface area (Å²) in [4.78, 5) is 4.39. The number of unbranched alkanes of at least 4 members (excludes halogenated alkanes) is 3. The van der Waals surface area contributed by atoms with Gasteiger partial charge in [-0.15, -0.1) is 0 Å². The average Bonchev–Trinajstić information content (AvgIpc) is 2.78. The SMILES string of the molecule is CCOC(C)(C)c1noc(CCCCCCN)n1. The molecule has 5 heteroatoms. The van der Waals surface area contributed by atoms with Gasteiger partial charge in [-0.1, -0.05) is 18.0 Å². The van der Waals surface area contributed by atoms with Crippen LogP contribution in [0, 0.1) is 0 Å². The molecule has 1 aromatic rings. The number of nitrogens with two attached hydrogens (primary N) is 1. The van der Waals surface area contributed by atoms with Gasteiger partial charge < -0.3 is 15.0 Å². The second kappa shape index (κ2) is 7.48. The van der Waals surface area contributed by atoms with Crippen LogP contribution in [0.15, 0.2) is 4.52 Å². The van der Waals surface area contributed by atoms with E-state index in [-0.39, 0.29) is 0 Å². The molecule has 18 heavy (non-hydrogen) atoms. The first-order valence-corrected chi connectivity index (χ1v) is 6.77.